The molecule has 2 unspecified atom stereocenters. The van der Waals surface area contributed by atoms with Gasteiger partial charge in [0.25, 0.3) is 0 Å². The second kappa shape index (κ2) is 6.49. The number of hydrogen-bond acceptors (Lipinski definition) is 5. The Balaban J connectivity index is 2.05. The maximum Gasteiger partial charge on any atom is 0.243 e. The van der Waals surface area contributed by atoms with E-state index in [0.717, 1.165) is 19.3 Å². The van der Waals surface area contributed by atoms with E-state index in [1.807, 2.05) is 6.92 Å². The van der Waals surface area contributed by atoms with Gasteiger partial charge in [-0.2, -0.15) is 0 Å². The summed E-state index contributed by atoms with van der Waals surface area (Å²) in [4.78, 5) is 8.13. The Bertz CT molecular complexity index is 530. The van der Waals surface area contributed by atoms with Crippen molar-refractivity contribution in [3.8, 4) is 0 Å². The van der Waals surface area contributed by atoms with E-state index in [9.17, 15) is 8.42 Å². The molecule has 0 spiro atoms. The number of rotatable bonds is 5. The lowest BCUT2D eigenvalue weighted by Gasteiger charge is -2.27. The summed E-state index contributed by atoms with van der Waals surface area (Å²) in [5.41, 5.74) is 0. The van der Waals surface area contributed by atoms with E-state index in [4.69, 9.17) is 0 Å². The molecule has 7 heteroatoms. The quantitative estimate of drug-likeness (QED) is 0.865. The van der Waals surface area contributed by atoms with E-state index in [0.29, 0.717) is 18.4 Å². The molecule has 2 atom stereocenters. The van der Waals surface area contributed by atoms with Crippen LogP contribution in [0, 0.1) is 5.92 Å². The van der Waals surface area contributed by atoms with Crippen molar-refractivity contribution < 1.29 is 8.42 Å². The van der Waals surface area contributed by atoms with Crippen LogP contribution in [0.4, 0.5) is 5.95 Å². The van der Waals surface area contributed by atoms with Crippen LogP contribution in [-0.4, -0.2) is 31.0 Å². The summed E-state index contributed by atoms with van der Waals surface area (Å²) < 4.78 is 27.3. The van der Waals surface area contributed by atoms with Gasteiger partial charge >= 0.3 is 0 Å². The number of nitrogens with zero attached hydrogens (tertiary/aromatic N) is 2. The molecule has 0 radical (unpaired) electrons. The Hall–Kier alpha value is -1.21. The fourth-order valence-corrected chi connectivity index (χ4v) is 3.70. The van der Waals surface area contributed by atoms with Crippen LogP contribution in [0.25, 0.3) is 0 Å². The average molecular weight is 298 g/mol. The van der Waals surface area contributed by atoms with Crippen molar-refractivity contribution in [1.29, 1.82) is 0 Å². The Morgan fingerprint density at radius 3 is 2.60 bits per heavy atom. The highest BCUT2D eigenvalue weighted by molar-refractivity contribution is 7.89. The lowest BCUT2D eigenvalue weighted by atomic mass is 9.88. The van der Waals surface area contributed by atoms with E-state index in [-0.39, 0.29) is 10.9 Å². The minimum atomic E-state index is -3.52. The van der Waals surface area contributed by atoms with Crippen molar-refractivity contribution >= 4 is 16.0 Å². The highest BCUT2D eigenvalue weighted by atomic mass is 32.2. The van der Waals surface area contributed by atoms with Gasteiger partial charge in [-0.25, -0.2) is 23.1 Å². The highest BCUT2D eigenvalue weighted by Crippen LogP contribution is 2.24. The summed E-state index contributed by atoms with van der Waals surface area (Å²) in [6, 6.07) is 0.0252. The van der Waals surface area contributed by atoms with Gasteiger partial charge in [0, 0.05) is 12.6 Å². The van der Waals surface area contributed by atoms with Gasteiger partial charge in [0.1, 0.15) is 4.90 Å². The SMILES string of the molecule is CCNc1ncc(S(=O)(=O)NC2CCCC(C)C2)cn1. The molecule has 0 saturated heterocycles. The Morgan fingerprint density at radius 1 is 1.30 bits per heavy atom. The first-order valence-electron chi connectivity index (χ1n) is 7.09. The van der Waals surface area contributed by atoms with Crippen LogP contribution >= 0.6 is 0 Å². The zero-order chi connectivity index (χ0) is 14.6. The third kappa shape index (κ3) is 3.89. The zero-order valence-corrected chi connectivity index (χ0v) is 12.8. The summed E-state index contributed by atoms with van der Waals surface area (Å²) >= 11 is 0. The zero-order valence-electron chi connectivity index (χ0n) is 12.0. The van der Waals surface area contributed by atoms with Gasteiger partial charge in [-0.05, 0) is 25.7 Å². The van der Waals surface area contributed by atoms with Crippen LogP contribution in [0.3, 0.4) is 0 Å². The van der Waals surface area contributed by atoms with E-state index in [1.165, 1.54) is 18.8 Å². The van der Waals surface area contributed by atoms with E-state index in [2.05, 4.69) is 26.9 Å². The van der Waals surface area contributed by atoms with Crippen LogP contribution in [-0.2, 0) is 10.0 Å². The number of sulfonamides is 1. The molecule has 1 aromatic heterocycles. The molecule has 112 valence electrons. The molecule has 1 fully saturated rings. The topological polar surface area (TPSA) is 84.0 Å². The summed E-state index contributed by atoms with van der Waals surface area (Å²) in [6.07, 6.45) is 6.75. The average Bonchev–Trinajstić information content (AvgIpc) is 2.39. The number of nitrogens with one attached hydrogen (secondary N) is 2. The van der Waals surface area contributed by atoms with Crippen LogP contribution in [0.2, 0.25) is 0 Å². The smallest absolute Gasteiger partial charge is 0.243 e. The van der Waals surface area contributed by atoms with E-state index < -0.39 is 10.0 Å². The predicted molar refractivity (Wildman–Crippen MR) is 77.9 cm³/mol. The van der Waals surface area contributed by atoms with Gasteiger partial charge in [0.15, 0.2) is 0 Å². The van der Waals surface area contributed by atoms with Gasteiger partial charge in [0.05, 0.1) is 12.4 Å². The number of aromatic nitrogens is 2. The van der Waals surface area contributed by atoms with Crippen LogP contribution < -0.4 is 10.0 Å². The normalized spacial score (nSPS) is 23.5. The van der Waals surface area contributed by atoms with E-state index >= 15 is 0 Å². The molecule has 6 nitrogen and oxygen atoms in total. The Morgan fingerprint density at radius 2 is 2.00 bits per heavy atom. The Kier molecular flexibility index (Phi) is 4.93. The Labute approximate surface area is 120 Å². The molecule has 0 amide bonds. The number of anilines is 1. The lowest BCUT2D eigenvalue weighted by molar-refractivity contribution is 0.327. The highest BCUT2D eigenvalue weighted by Gasteiger charge is 2.25. The molecule has 0 bridgehead atoms. The molecule has 1 aromatic rings. The van der Waals surface area contributed by atoms with Crippen LogP contribution in [0.5, 0.6) is 0 Å². The molecule has 1 aliphatic carbocycles. The van der Waals surface area contributed by atoms with Gasteiger partial charge in [-0.15, -0.1) is 0 Å². The largest absolute Gasteiger partial charge is 0.355 e. The minimum absolute atomic E-state index is 0.0252. The fourth-order valence-electron chi connectivity index (χ4n) is 2.53. The van der Waals surface area contributed by atoms with Gasteiger partial charge in [-0.1, -0.05) is 19.8 Å². The molecule has 0 aromatic carbocycles. The lowest BCUT2D eigenvalue weighted by Crippen LogP contribution is -2.38. The summed E-state index contributed by atoms with van der Waals surface area (Å²) in [5.74, 6) is 1.02. The molecule has 2 rings (SSSR count). The molecular formula is C13H22N4O2S. The second-order valence-corrected chi connectivity index (χ2v) is 7.08. The van der Waals surface area contributed by atoms with Crippen molar-refractivity contribution in [2.24, 2.45) is 5.92 Å². The van der Waals surface area contributed by atoms with Crippen LogP contribution in [0.15, 0.2) is 17.3 Å². The third-order valence-corrected chi connectivity index (χ3v) is 5.01. The van der Waals surface area contributed by atoms with Crippen molar-refractivity contribution in [3.05, 3.63) is 12.4 Å². The third-order valence-electron chi connectivity index (χ3n) is 3.53. The predicted octanol–water partition coefficient (Wildman–Crippen LogP) is 1.77. The molecule has 1 heterocycles. The monoisotopic (exact) mass is 298 g/mol. The second-order valence-electron chi connectivity index (χ2n) is 5.36. The first-order valence-corrected chi connectivity index (χ1v) is 8.58. The van der Waals surface area contributed by atoms with Gasteiger partial charge < -0.3 is 5.32 Å². The number of hydrogen-bond donors (Lipinski definition) is 2. The van der Waals surface area contributed by atoms with E-state index in [1.54, 1.807) is 0 Å². The van der Waals surface area contributed by atoms with Crippen molar-refractivity contribution in [3.63, 3.8) is 0 Å². The summed E-state index contributed by atoms with van der Waals surface area (Å²) in [5, 5.41) is 2.94. The molecule has 0 aliphatic heterocycles. The van der Waals surface area contributed by atoms with Gasteiger partial charge in [-0.3, -0.25) is 0 Å². The first-order chi connectivity index (χ1) is 9.51. The van der Waals surface area contributed by atoms with Gasteiger partial charge in [0.2, 0.25) is 16.0 Å². The summed E-state index contributed by atoms with van der Waals surface area (Å²) in [6.45, 7) is 4.79. The van der Waals surface area contributed by atoms with Crippen molar-refractivity contribution in [2.75, 3.05) is 11.9 Å². The minimum Gasteiger partial charge on any atom is -0.355 e. The fraction of sp³-hybridized carbons (Fsp3) is 0.692. The molecule has 20 heavy (non-hydrogen) atoms. The maximum atomic E-state index is 12.3. The maximum absolute atomic E-state index is 12.3. The van der Waals surface area contributed by atoms with Crippen LogP contribution in [0.1, 0.15) is 39.5 Å². The molecule has 1 aliphatic rings. The molecule has 2 N–H and O–H groups in total. The van der Waals surface area contributed by atoms with Crippen molar-refractivity contribution in [2.45, 2.75) is 50.5 Å². The first kappa shape index (κ1) is 15.2. The van der Waals surface area contributed by atoms with Crippen molar-refractivity contribution in [1.82, 2.24) is 14.7 Å². The summed E-state index contributed by atoms with van der Waals surface area (Å²) in [7, 11) is -3.52. The standard InChI is InChI=1S/C13H22N4O2S/c1-3-14-13-15-8-12(9-16-13)20(18,19)17-11-6-4-5-10(2)7-11/h8-11,17H,3-7H2,1-2H3,(H,14,15,16). The molecule has 1 saturated carbocycles. The molecular weight excluding hydrogens is 276 g/mol.